The molecule has 0 atom stereocenters. The molecule has 0 unspecified atom stereocenters. The van der Waals surface area contributed by atoms with Crippen LogP contribution in [0.2, 0.25) is 5.02 Å². The van der Waals surface area contributed by atoms with Crippen LogP contribution in [0.15, 0.2) is 65.7 Å². The molecule has 0 spiro atoms. The fourth-order valence-electron chi connectivity index (χ4n) is 2.60. The molecular formula is C20H17ClFN3O2. The third-order valence-electron chi connectivity index (χ3n) is 4.02. The monoisotopic (exact) mass is 385 g/mol. The van der Waals surface area contributed by atoms with E-state index in [1.807, 2.05) is 30.3 Å². The summed E-state index contributed by atoms with van der Waals surface area (Å²) >= 11 is 5.92. The molecule has 3 rings (SSSR count). The Morgan fingerprint density at radius 2 is 1.93 bits per heavy atom. The molecule has 0 saturated carbocycles. The number of carbonyl (C=O) groups is 1. The number of hydrogen-bond acceptors (Lipinski definition) is 3. The van der Waals surface area contributed by atoms with E-state index < -0.39 is 5.82 Å². The number of nitrogens with zero attached hydrogens (tertiary/aromatic N) is 2. The lowest BCUT2D eigenvalue weighted by Crippen LogP contribution is -2.32. The summed E-state index contributed by atoms with van der Waals surface area (Å²) < 4.78 is 15.1. The topological polar surface area (TPSA) is 64.0 Å². The van der Waals surface area contributed by atoms with E-state index in [9.17, 15) is 14.0 Å². The van der Waals surface area contributed by atoms with Crippen LogP contribution in [0, 0.1) is 5.82 Å². The minimum Gasteiger partial charge on any atom is -0.354 e. The van der Waals surface area contributed by atoms with Gasteiger partial charge in [-0.15, -0.1) is 0 Å². The molecule has 0 fully saturated rings. The quantitative estimate of drug-likeness (QED) is 0.709. The normalized spacial score (nSPS) is 10.6. The van der Waals surface area contributed by atoms with Gasteiger partial charge in [0.1, 0.15) is 5.82 Å². The zero-order valence-corrected chi connectivity index (χ0v) is 15.1. The predicted octanol–water partition coefficient (Wildman–Crippen LogP) is 3.06. The highest BCUT2D eigenvalue weighted by atomic mass is 35.5. The average Bonchev–Trinajstić information content (AvgIpc) is 2.67. The molecular weight excluding hydrogens is 369 g/mol. The Bertz CT molecular complexity index is 985. The van der Waals surface area contributed by atoms with E-state index in [1.165, 1.54) is 35.2 Å². The largest absolute Gasteiger partial charge is 0.354 e. The van der Waals surface area contributed by atoms with E-state index in [1.54, 1.807) is 0 Å². The number of aromatic nitrogens is 2. The number of benzene rings is 2. The van der Waals surface area contributed by atoms with Crippen LogP contribution in [0.4, 0.5) is 4.39 Å². The summed E-state index contributed by atoms with van der Waals surface area (Å²) in [7, 11) is 0. The summed E-state index contributed by atoms with van der Waals surface area (Å²) in [6, 6.07) is 15.1. The van der Waals surface area contributed by atoms with E-state index in [0.717, 1.165) is 5.56 Å². The molecule has 1 heterocycles. The fraction of sp³-hybridized carbons (Fsp3) is 0.150. The van der Waals surface area contributed by atoms with Crippen LogP contribution in [0.3, 0.4) is 0 Å². The molecule has 0 aliphatic carbocycles. The zero-order chi connectivity index (χ0) is 19.2. The number of carbonyl (C=O) groups excluding carboxylic acids is 1. The lowest BCUT2D eigenvalue weighted by Gasteiger charge is -2.09. The molecule has 27 heavy (non-hydrogen) atoms. The number of rotatable bonds is 6. The van der Waals surface area contributed by atoms with Gasteiger partial charge in [-0.1, -0.05) is 48.0 Å². The van der Waals surface area contributed by atoms with E-state index in [2.05, 4.69) is 10.3 Å². The summed E-state index contributed by atoms with van der Waals surface area (Å²) in [5.74, 6) is -0.890. The minimum atomic E-state index is -0.519. The van der Waals surface area contributed by atoms with Gasteiger partial charge in [-0.05, 0) is 12.1 Å². The third kappa shape index (κ3) is 4.80. The zero-order valence-electron chi connectivity index (χ0n) is 14.4. The molecule has 1 N–H and O–H groups in total. The van der Waals surface area contributed by atoms with Crippen LogP contribution in [-0.4, -0.2) is 22.0 Å². The molecule has 138 valence electrons. The number of halogens is 2. The second kappa shape index (κ2) is 8.60. The fourth-order valence-corrected chi connectivity index (χ4v) is 2.83. The molecule has 0 radical (unpaired) electrons. The molecule has 0 aliphatic heterocycles. The summed E-state index contributed by atoms with van der Waals surface area (Å²) in [6.07, 6.45) is 1.29. The van der Waals surface area contributed by atoms with Crippen molar-refractivity contribution >= 4 is 17.5 Å². The van der Waals surface area contributed by atoms with E-state index in [-0.39, 0.29) is 41.6 Å². The van der Waals surface area contributed by atoms with Gasteiger partial charge in [0.25, 0.3) is 5.56 Å². The molecule has 0 bridgehead atoms. The van der Waals surface area contributed by atoms with Gasteiger partial charge in [-0.3, -0.25) is 14.2 Å². The molecule has 0 aliphatic rings. The third-order valence-corrected chi connectivity index (χ3v) is 4.38. The van der Waals surface area contributed by atoms with Gasteiger partial charge in [0.15, 0.2) is 0 Å². The van der Waals surface area contributed by atoms with Crippen LogP contribution < -0.4 is 10.9 Å². The van der Waals surface area contributed by atoms with Crippen LogP contribution in [0.25, 0.3) is 11.3 Å². The Labute approximate surface area is 160 Å². The van der Waals surface area contributed by atoms with Crippen LogP contribution >= 0.6 is 11.6 Å². The Balaban J connectivity index is 1.57. The van der Waals surface area contributed by atoms with Gasteiger partial charge < -0.3 is 5.32 Å². The van der Waals surface area contributed by atoms with Crippen molar-refractivity contribution in [2.75, 3.05) is 6.54 Å². The Hall–Kier alpha value is -2.99. The van der Waals surface area contributed by atoms with Crippen molar-refractivity contribution in [3.63, 3.8) is 0 Å². The highest BCUT2D eigenvalue weighted by Crippen LogP contribution is 2.19. The van der Waals surface area contributed by atoms with Crippen molar-refractivity contribution in [3.8, 4) is 11.3 Å². The maximum atomic E-state index is 13.7. The van der Waals surface area contributed by atoms with E-state index >= 15 is 0 Å². The summed E-state index contributed by atoms with van der Waals surface area (Å²) in [6.45, 7) is 0.481. The van der Waals surface area contributed by atoms with Crippen LogP contribution in [0.1, 0.15) is 5.56 Å². The molecule has 5 nitrogen and oxygen atoms in total. The second-order valence-electron chi connectivity index (χ2n) is 5.90. The van der Waals surface area contributed by atoms with Gasteiger partial charge in [-0.2, -0.15) is 0 Å². The van der Waals surface area contributed by atoms with Crippen molar-refractivity contribution in [1.29, 1.82) is 0 Å². The molecule has 7 heteroatoms. The second-order valence-corrected chi connectivity index (χ2v) is 6.31. The van der Waals surface area contributed by atoms with Gasteiger partial charge in [0.2, 0.25) is 5.91 Å². The highest BCUT2D eigenvalue weighted by Gasteiger charge is 2.11. The van der Waals surface area contributed by atoms with Crippen molar-refractivity contribution in [1.82, 2.24) is 14.9 Å². The van der Waals surface area contributed by atoms with Crippen molar-refractivity contribution in [3.05, 3.63) is 87.7 Å². The van der Waals surface area contributed by atoms with Gasteiger partial charge in [0.05, 0.1) is 18.4 Å². The van der Waals surface area contributed by atoms with Crippen LogP contribution in [0.5, 0.6) is 0 Å². The number of nitrogens with one attached hydrogen (secondary N) is 1. The number of amides is 1. The Kier molecular flexibility index (Phi) is 5.98. The first-order chi connectivity index (χ1) is 13.0. The smallest absolute Gasteiger partial charge is 0.253 e. The lowest BCUT2D eigenvalue weighted by atomic mass is 10.1. The van der Waals surface area contributed by atoms with Gasteiger partial charge >= 0.3 is 0 Å². The predicted molar refractivity (Wildman–Crippen MR) is 102 cm³/mol. The summed E-state index contributed by atoms with van der Waals surface area (Å²) in [5.41, 5.74) is 1.39. The first-order valence-electron chi connectivity index (χ1n) is 8.36. The standard InChI is InChI=1S/C20H17ClFN3O2/c21-16-7-4-8-17(22)15(16)11-19(26)23-9-10-25-13-24-18(12-20(25)27)14-5-2-1-3-6-14/h1-8,12-13H,9-11H2,(H,23,26). The first-order valence-corrected chi connectivity index (χ1v) is 8.74. The van der Waals surface area contributed by atoms with Crippen molar-refractivity contribution in [2.45, 2.75) is 13.0 Å². The Morgan fingerprint density at radius 3 is 2.63 bits per heavy atom. The SMILES string of the molecule is O=C(Cc1c(F)cccc1Cl)NCCn1cnc(-c2ccccc2)cc1=O. The molecule has 2 aromatic carbocycles. The molecule has 3 aromatic rings. The maximum Gasteiger partial charge on any atom is 0.253 e. The highest BCUT2D eigenvalue weighted by molar-refractivity contribution is 6.31. The van der Waals surface area contributed by atoms with Crippen molar-refractivity contribution in [2.24, 2.45) is 0 Å². The maximum absolute atomic E-state index is 13.7. The first kappa shape index (κ1) is 18.8. The molecule has 0 saturated heterocycles. The van der Waals surface area contributed by atoms with Gasteiger partial charge in [-0.25, -0.2) is 9.37 Å². The van der Waals surface area contributed by atoms with E-state index in [0.29, 0.717) is 5.69 Å². The van der Waals surface area contributed by atoms with Gasteiger partial charge in [0, 0.05) is 35.3 Å². The molecule has 1 aromatic heterocycles. The summed E-state index contributed by atoms with van der Waals surface area (Å²) in [5, 5.41) is 2.87. The number of hydrogen-bond donors (Lipinski definition) is 1. The van der Waals surface area contributed by atoms with E-state index in [4.69, 9.17) is 11.6 Å². The average molecular weight is 386 g/mol. The van der Waals surface area contributed by atoms with Crippen LogP contribution in [-0.2, 0) is 17.8 Å². The minimum absolute atomic E-state index is 0.155. The Morgan fingerprint density at radius 1 is 1.15 bits per heavy atom. The van der Waals surface area contributed by atoms with Crippen molar-refractivity contribution < 1.29 is 9.18 Å². The molecule has 1 amide bonds. The lowest BCUT2D eigenvalue weighted by molar-refractivity contribution is -0.120. The summed E-state index contributed by atoms with van der Waals surface area (Å²) in [4.78, 5) is 28.5.